The molecule has 82 valence electrons. The highest BCUT2D eigenvalue weighted by atomic mass is 16.4. The third-order valence-corrected chi connectivity index (χ3v) is 2.44. The van der Waals surface area contributed by atoms with Gasteiger partial charge < -0.3 is 9.90 Å². The second-order valence-electron chi connectivity index (χ2n) is 4.82. The molecule has 2 heteroatoms. The first-order valence-electron chi connectivity index (χ1n) is 5.19. The van der Waals surface area contributed by atoms with Gasteiger partial charge in [-0.1, -0.05) is 45.0 Å². The minimum atomic E-state index is -0.991. The zero-order valence-electron chi connectivity index (χ0n) is 9.54. The van der Waals surface area contributed by atoms with Gasteiger partial charge in [-0.25, -0.2) is 0 Å². The summed E-state index contributed by atoms with van der Waals surface area (Å²) in [5, 5.41) is 10.3. The standard InChI is InChI=1S/C13H18O2/c1-13(2,3)11-7-4-10(5-8-11)6-9-12(14)15/h4-5,7-8H,6,9H2,1-3H3,(H,14,15)/p-1. The molecule has 0 atom stereocenters. The van der Waals surface area contributed by atoms with Gasteiger partial charge in [-0.3, -0.25) is 0 Å². The topological polar surface area (TPSA) is 40.1 Å². The van der Waals surface area contributed by atoms with Crippen molar-refractivity contribution in [3.05, 3.63) is 35.4 Å². The summed E-state index contributed by atoms with van der Waals surface area (Å²) in [5.74, 6) is -0.991. The summed E-state index contributed by atoms with van der Waals surface area (Å²) >= 11 is 0. The first-order chi connectivity index (χ1) is 6.89. The lowest BCUT2D eigenvalue weighted by Gasteiger charge is -2.19. The molecule has 2 nitrogen and oxygen atoms in total. The van der Waals surface area contributed by atoms with E-state index in [4.69, 9.17) is 0 Å². The smallest absolute Gasteiger partial charge is 0.0417 e. The molecule has 0 saturated carbocycles. The molecule has 0 radical (unpaired) electrons. The van der Waals surface area contributed by atoms with Gasteiger partial charge in [0, 0.05) is 5.97 Å². The van der Waals surface area contributed by atoms with E-state index in [0.29, 0.717) is 6.42 Å². The Morgan fingerprint density at radius 2 is 1.73 bits per heavy atom. The number of carbonyl (C=O) groups is 1. The largest absolute Gasteiger partial charge is 0.550 e. The van der Waals surface area contributed by atoms with Gasteiger partial charge in [0.15, 0.2) is 0 Å². The minimum Gasteiger partial charge on any atom is -0.550 e. The van der Waals surface area contributed by atoms with Gasteiger partial charge in [-0.2, -0.15) is 0 Å². The summed E-state index contributed by atoms with van der Waals surface area (Å²) in [6.45, 7) is 6.47. The lowest BCUT2D eigenvalue weighted by Crippen LogP contribution is -2.22. The van der Waals surface area contributed by atoms with Crippen LogP contribution in [0.4, 0.5) is 0 Å². The van der Waals surface area contributed by atoms with E-state index in [-0.39, 0.29) is 11.8 Å². The molecule has 0 saturated heterocycles. The minimum absolute atomic E-state index is 0.0921. The highest BCUT2D eigenvalue weighted by Crippen LogP contribution is 2.22. The van der Waals surface area contributed by atoms with E-state index in [0.717, 1.165) is 5.56 Å². The van der Waals surface area contributed by atoms with E-state index >= 15 is 0 Å². The molecular weight excluding hydrogens is 188 g/mol. The fourth-order valence-corrected chi connectivity index (χ4v) is 1.42. The van der Waals surface area contributed by atoms with Gasteiger partial charge in [-0.15, -0.1) is 0 Å². The molecule has 1 aromatic carbocycles. The number of aryl methyl sites for hydroxylation is 1. The normalized spacial score (nSPS) is 11.4. The van der Waals surface area contributed by atoms with Crippen LogP contribution in [0.3, 0.4) is 0 Å². The average molecular weight is 205 g/mol. The number of aliphatic carboxylic acids is 1. The molecule has 0 heterocycles. The van der Waals surface area contributed by atoms with Gasteiger partial charge in [0.25, 0.3) is 0 Å². The van der Waals surface area contributed by atoms with Gasteiger partial charge in [-0.05, 0) is 29.4 Å². The average Bonchev–Trinajstić information content (AvgIpc) is 2.14. The van der Waals surface area contributed by atoms with Gasteiger partial charge in [0.05, 0.1) is 0 Å². The zero-order valence-corrected chi connectivity index (χ0v) is 9.54. The number of carboxylic acids is 1. The maximum absolute atomic E-state index is 10.3. The van der Waals surface area contributed by atoms with Crippen LogP contribution in [0, 0.1) is 0 Å². The Morgan fingerprint density at radius 1 is 1.20 bits per heavy atom. The monoisotopic (exact) mass is 205 g/mol. The first kappa shape index (κ1) is 11.8. The van der Waals surface area contributed by atoms with Crippen LogP contribution >= 0.6 is 0 Å². The summed E-state index contributed by atoms with van der Waals surface area (Å²) in [4.78, 5) is 10.3. The molecule has 1 aromatic rings. The van der Waals surface area contributed by atoms with Crippen LogP contribution in [0.5, 0.6) is 0 Å². The molecule has 0 unspecified atom stereocenters. The van der Waals surface area contributed by atoms with E-state index in [1.54, 1.807) is 0 Å². The van der Waals surface area contributed by atoms with Crippen molar-refractivity contribution >= 4 is 5.97 Å². The number of rotatable bonds is 3. The second kappa shape index (κ2) is 4.47. The Hall–Kier alpha value is -1.31. The molecule has 0 aromatic heterocycles. The number of benzene rings is 1. The molecule has 0 amide bonds. The molecule has 0 fully saturated rings. The number of hydrogen-bond donors (Lipinski definition) is 0. The third-order valence-electron chi connectivity index (χ3n) is 2.44. The van der Waals surface area contributed by atoms with E-state index in [1.807, 2.05) is 12.1 Å². The summed E-state index contributed by atoms with van der Waals surface area (Å²) in [7, 11) is 0. The van der Waals surface area contributed by atoms with Gasteiger partial charge >= 0.3 is 0 Å². The highest BCUT2D eigenvalue weighted by Gasteiger charge is 2.12. The van der Waals surface area contributed by atoms with Crippen LogP contribution in [-0.4, -0.2) is 5.97 Å². The van der Waals surface area contributed by atoms with E-state index < -0.39 is 5.97 Å². The van der Waals surface area contributed by atoms with E-state index in [1.165, 1.54) is 5.56 Å². The Balaban J connectivity index is 2.69. The van der Waals surface area contributed by atoms with Gasteiger partial charge in [0.2, 0.25) is 0 Å². The highest BCUT2D eigenvalue weighted by molar-refractivity contribution is 5.64. The molecule has 1 rings (SSSR count). The van der Waals surface area contributed by atoms with Crippen LogP contribution in [0.15, 0.2) is 24.3 Å². The SMILES string of the molecule is CC(C)(C)c1ccc(CCC(=O)[O-])cc1. The molecule has 0 bridgehead atoms. The van der Waals surface area contributed by atoms with E-state index in [9.17, 15) is 9.90 Å². The lowest BCUT2D eigenvalue weighted by atomic mass is 9.86. The van der Waals surface area contributed by atoms with Crippen LogP contribution in [0.1, 0.15) is 38.3 Å². The van der Waals surface area contributed by atoms with Crippen molar-refractivity contribution in [2.75, 3.05) is 0 Å². The predicted molar refractivity (Wildman–Crippen MR) is 58.5 cm³/mol. The van der Waals surface area contributed by atoms with Crippen LogP contribution in [-0.2, 0) is 16.6 Å². The van der Waals surface area contributed by atoms with Crippen molar-refractivity contribution in [3.63, 3.8) is 0 Å². The number of carboxylic acid groups (broad SMARTS) is 1. The Bertz CT molecular complexity index is 331. The molecular formula is C13H17O2-. The van der Waals surface area contributed by atoms with Gasteiger partial charge in [0.1, 0.15) is 0 Å². The second-order valence-corrected chi connectivity index (χ2v) is 4.82. The van der Waals surface area contributed by atoms with Crippen molar-refractivity contribution in [2.45, 2.75) is 39.0 Å². The molecule has 0 spiro atoms. The number of carbonyl (C=O) groups excluding carboxylic acids is 1. The van der Waals surface area contributed by atoms with Crippen LogP contribution in [0.2, 0.25) is 0 Å². The van der Waals surface area contributed by atoms with Crippen molar-refractivity contribution in [3.8, 4) is 0 Å². The maximum Gasteiger partial charge on any atom is 0.0417 e. The Morgan fingerprint density at radius 3 is 2.13 bits per heavy atom. The van der Waals surface area contributed by atoms with E-state index in [2.05, 4.69) is 32.9 Å². The fraction of sp³-hybridized carbons (Fsp3) is 0.462. The van der Waals surface area contributed by atoms with Crippen molar-refractivity contribution in [1.82, 2.24) is 0 Å². The van der Waals surface area contributed by atoms with Crippen molar-refractivity contribution in [2.24, 2.45) is 0 Å². The molecule has 0 aliphatic rings. The molecule has 0 aliphatic heterocycles. The van der Waals surface area contributed by atoms with Crippen LogP contribution in [0.25, 0.3) is 0 Å². The van der Waals surface area contributed by atoms with Crippen molar-refractivity contribution < 1.29 is 9.90 Å². The Kier molecular flexibility index (Phi) is 3.51. The summed E-state index contributed by atoms with van der Waals surface area (Å²) in [6.07, 6.45) is 0.640. The maximum atomic E-state index is 10.3. The van der Waals surface area contributed by atoms with Crippen LogP contribution < -0.4 is 5.11 Å². The summed E-state index contributed by atoms with van der Waals surface area (Å²) < 4.78 is 0. The predicted octanol–water partition coefficient (Wildman–Crippen LogP) is 1.67. The van der Waals surface area contributed by atoms with Crippen molar-refractivity contribution in [1.29, 1.82) is 0 Å². The first-order valence-corrected chi connectivity index (χ1v) is 5.19. The fourth-order valence-electron chi connectivity index (χ4n) is 1.42. The molecule has 15 heavy (non-hydrogen) atoms. The summed E-state index contributed by atoms with van der Waals surface area (Å²) in [5.41, 5.74) is 2.46. The molecule has 0 aliphatic carbocycles. The lowest BCUT2D eigenvalue weighted by molar-refractivity contribution is -0.305. The molecule has 0 N–H and O–H groups in total. The number of hydrogen-bond acceptors (Lipinski definition) is 2. The Labute approximate surface area is 90.9 Å². The third kappa shape index (κ3) is 3.74. The quantitative estimate of drug-likeness (QED) is 0.753. The zero-order chi connectivity index (χ0) is 11.5. The summed E-state index contributed by atoms with van der Waals surface area (Å²) in [6, 6.07) is 8.10.